The number of aromatic amines is 1. The Morgan fingerprint density at radius 2 is 2.04 bits per heavy atom. The summed E-state index contributed by atoms with van der Waals surface area (Å²) in [4.78, 5) is 35.8. The lowest BCUT2D eigenvalue weighted by Gasteiger charge is -2.03. The van der Waals surface area contributed by atoms with Crippen molar-refractivity contribution in [3.63, 3.8) is 0 Å². The van der Waals surface area contributed by atoms with Crippen molar-refractivity contribution in [2.45, 2.75) is 12.8 Å². The van der Waals surface area contributed by atoms with Crippen molar-refractivity contribution in [2.24, 2.45) is 0 Å². The molecule has 1 aromatic carbocycles. The van der Waals surface area contributed by atoms with E-state index in [0.717, 1.165) is 5.56 Å². The molecule has 0 unspecified atom stereocenters. The number of H-pyrrole nitrogens is 1. The number of anilines is 1. The number of hydrogen-bond acceptors (Lipinski definition) is 6. The number of hydrogen-bond donors (Lipinski definition) is 2. The van der Waals surface area contributed by atoms with E-state index < -0.39 is 0 Å². The van der Waals surface area contributed by atoms with Gasteiger partial charge in [-0.2, -0.15) is 0 Å². The minimum atomic E-state index is -0.217. The summed E-state index contributed by atoms with van der Waals surface area (Å²) in [6.45, 7) is 0. The third-order valence-electron chi connectivity index (χ3n) is 3.93. The van der Waals surface area contributed by atoms with E-state index in [9.17, 15) is 9.59 Å². The van der Waals surface area contributed by atoms with Gasteiger partial charge in [-0.25, -0.2) is 9.97 Å². The number of aryl methyl sites for hydroxylation is 1. The van der Waals surface area contributed by atoms with E-state index in [1.165, 1.54) is 22.7 Å². The molecule has 3 heterocycles. The number of nitrogens with one attached hydrogen (secondary N) is 2. The van der Waals surface area contributed by atoms with Gasteiger partial charge in [0.25, 0.3) is 5.56 Å². The van der Waals surface area contributed by atoms with E-state index >= 15 is 0 Å². The normalized spacial score (nSPS) is 11.1. The smallest absolute Gasteiger partial charge is 0.258 e. The van der Waals surface area contributed by atoms with Gasteiger partial charge in [-0.15, -0.1) is 22.7 Å². The highest BCUT2D eigenvalue weighted by Gasteiger charge is 2.14. The van der Waals surface area contributed by atoms with Gasteiger partial charge in [0.1, 0.15) is 10.2 Å². The van der Waals surface area contributed by atoms with Gasteiger partial charge in [0.15, 0.2) is 5.13 Å². The summed E-state index contributed by atoms with van der Waals surface area (Å²) in [6, 6.07) is 8.83. The first-order chi connectivity index (χ1) is 13.5. The maximum atomic E-state index is 12.2. The van der Waals surface area contributed by atoms with Crippen LogP contribution < -0.4 is 10.9 Å². The second-order valence-corrected chi connectivity index (χ2v) is 9.00. The molecular weight excluding hydrogens is 439 g/mol. The van der Waals surface area contributed by atoms with Crippen LogP contribution >= 0.6 is 45.9 Å². The van der Waals surface area contributed by atoms with Crippen molar-refractivity contribution in [1.29, 1.82) is 0 Å². The van der Waals surface area contributed by atoms with Crippen LogP contribution in [-0.4, -0.2) is 20.9 Å². The Bertz CT molecular complexity index is 1230. The van der Waals surface area contributed by atoms with Gasteiger partial charge in [0.2, 0.25) is 5.91 Å². The van der Waals surface area contributed by atoms with Crippen LogP contribution in [0, 0.1) is 0 Å². The molecule has 142 valence electrons. The lowest BCUT2D eigenvalue weighted by Crippen LogP contribution is -2.16. The summed E-state index contributed by atoms with van der Waals surface area (Å²) in [5.41, 5.74) is 1.80. The highest BCUT2D eigenvalue weighted by atomic mass is 35.5. The molecule has 4 rings (SSSR count). The largest absolute Gasteiger partial charge is 0.310 e. The van der Waals surface area contributed by atoms with Gasteiger partial charge in [0, 0.05) is 23.8 Å². The molecule has 0 aliphatic heterocycles. The third-order valence-corrected chi connectivity index (χ3v) is 6.18. The first-order valence-electron chi connectivity index (χ1n) is 8.18. The summed E-state index contributed by atoms with van der Waals surface area (Å²) in [5.74, 6) is 0.254. The standard InChI is InChI=1S/C18H12Cl2N4O2S2/c19-13-7-10(16(20)28-13)12-8-27-18(22-12)24-15(25)6-5-14-21-11-4-2-1-3-9(11)17(26)23-14/h1-4,7-8H,5-6H2,(H,21,23,26)(H,22,24,25). The number of thiophene rings is 1. The van der Waals surface area contributed by atoms with Crippen LogP contribution in [0.1, 0.15) is 12.2 Å². The maximum absolute atomic E-state index is 12.2. The SMILES string of the molecule is O=C(CCc1nc2ccccc2c(=O)[nH]1)Nc1nc(-c2cc(Cl)sc2Cl)cs1. The molecule has 10 heteroatoms. The number of thiazole rings is 1. The summed E-state index contributed by atoms with van der Waals surface area (Å²) >= 11 is 14.7. The van der Waals surface area contributed by atoms with Crippen LogP contribution in [0.4, 0.5) is 5.13 Å². The van der Waals surface area contributed by atoms with E-state index in [2.05, 4.69) is 20.3 Å². The number of nitrogens with zero attached hydrogens (tertiary/aromatic N) is 2. The second kappa shape index (κ2) is 8.00. The van der Waals surface area contributed by atoms with E-state index in [-0.39, 0.29) is 17.9 Å². The third kappa shape index (κ3) is 4.10. The molecule has 2 N–H and O–H groups in total. The number of amides is 1. The molecule has 0 radical (unpaired) electrons. The first kappa shape index (κ1) is 19.1. The highest BCUT2D eigenvalue weighted by molar-refractivity contribution is 7.20. The number of para-hydroxylation sites is 1. The van der Waals surface area contributed by atoms with Crippen LogP contribution in [0.25, 0.3) is 22.2 Å². The molecule has 0 saturated heterocycles. The van der Waals surface area contributed by atoms with Gasteiger partial charge < -0.3 is 10.3 Å². The molecule has 6 nitrogen and oxygen atoms in total. The molecule has 0 atom stereocenters. The van der Waals surface area contributed by atoms with E-state index in [1.54, 1.807) is 24.3 Å². The van der Waals surface area contributed by atoms with Crippen molar-refractivity contribution in [3.8, 4) is 11.3 Å². The van der Waals surface area contributed by atoms with Crippen molar-refractivity contribution < 1.29 is 4.79 Å². The fraction of sp³-hybridized carbons (Fsp3) is 0.111. The fourth-order valence-corrected chi connectivity index (χ4v) is 4.84. The monoisotopic (exact) mass is 450 g/mol. The minimum absolute atomic E-state index is 0.168. The van der Waals surface area contributed by atoms with Crippen LogP contribution in [0.15, 0.2) is 40.5 Å². The highest BCUT2D eigenvalue weighted by Crippen LogP contribution is 2.38. The zero-order valence-corrected chi connectivity index (χ0v) is 17.3. The Morgan fingerprint density at radius 1 is 1.21 bits per heavy atom. The van der Waals surface area contributed by atoms with Crippen LogP contribution in [0.5, 0.6) is 0 Å². The second-order valence-electron chi connectivity index (χ2n) is 5.85. The van der Waals surface area contributed by atoms with Gasteiger partial charge >= 0.3 is 0 Å². The number of carbonyl (C=O) groups excluding carboxylic acids is 1. The first-order valence-corrected chi connectivity index (χ1v) is 10.6. The lowest BCUT2D eigenvalue weighted by molar-refractivity contribution is -0.116. The summed E-state index contributed by atoms with van der Waals surface area (Å²) in [7, 11) is 0. The number of aromatic nitrogens is 3. The Morgan fingerprint density at radius 3 is 2.82 bits per heavy atom. The Kier molecular flexibility index (Phi) is 5.45. The van der Waals surface area contributed by atoms with Crippen LogP contribution in [0.2, 0.25) is 8.67 Å². The lowest BCUT2D eigenvalue weighted by atomic mass is 10.2. The summed E-state index contributed by atoms with van der Waals surface area (Å²) in [6.07, 6.45) is 0.483. The number of halogens is 2. The molecule has 0 bridgehead atoms. The zero-order chi connectivity index (χ0) is 19.7. The van der Waals surface area contributed by atoms with Gasteiger partial charge in [-0.05, 0) is 18.2 Å². The molecule has 3 aromatic heterocycles. The Labute approximate surface area is 177 Å². The van der Waals surface area contributed by atoms with Crippen molar-refractivity contribution in [3.05, 3.63) is 60.6 Å². The summed E-state index contributed by atoms with van der Waals surface area (Å²) in [5, 5.41) is 5.56. The van der Waals surface area contributed by atoms with Gasteiger partial charge in [-0.1, -0.05) is 35.3 Å². The fourth-order valence-electron chi connectivity index (χ4n) is 2.64. The number of fused-ring (bicyclic) bond motifs is 1. The molecule has 0 aliphatic carbocycles. The van der Waals surface area contributed by atoms with Crippen molar-refractivity contribution >= 4 is 67.8 Å². The molecule has 4 aromatic rings. The molecule has 0 spiro atoms. The topological polar surface area (TPSA) is 87.7 Å². The predicted molar refractivity (Wildman–Crippen MR) is 115 cm³/mol. The van der Waals surface area contributed by atoms with E-state index in [4.69, 9.17) is 23.2 Å². The molecular formula is C18H12Cl2N4O2S2. The molecule has 28 heavy (non-hydrogen) atoms. The molecule has 0 fully saturated rings. The van der Waals surface area contributed by atoms with Crippen LogP contribution in [0.3, 0.4) is 0 Å². The molecule has 0 saturated carbocycles. The van der Waals surface area contributed by atoms with E-state index in [0.29, 0.717) is 42.6 Å². The van der Waals surface area contributed by atoms with Crippen molar-refractivity contribution in [2.75, 3.05) is 5.32 Å². The van der Waals surface area contributed by atoms with Crippen LogP contribution in [-0.2, 0) is 11.2 Å². The molecule has 0 aliphatic rings. The number of rotatable bonds is 5. The zero-order valence-electron chi connectivity index (χ0n) is 14.2. The number of carbonyl (C=O) groups is 1. The Hall–Kier alpha value is -2.26. The predicted octanol–water partition coefficient (Wildman–Crippen LogP) is 4.99. The maximum Gasteiger partial charge on any atom is 0.258 e. The average Bonchev–Trinajstić information content (AvgIpc) is 3.25. The van der Waals surface area contributed by atoms with Crippen molar-refractivity contribution in [1.82, 2.24) is 15.0 Å². The summed E-state index contributed by atoms with van der Waals surface area (Å²) < 4.78 is 1.13. The Balaban J connectivity index is 1.41. The molecule has 1 amide bonds. The minimum Gasteiger partial charge on any atom is -0.310 e. The number of benzene rings is 1. The quantitative estimate of drug-likeness (QED) is 0.448. The van der Waals surface area contributed by atoms with Gasteiger partial charge in [0.05, 0.1) is 20.9 Å². The average molecular weight is 451 g/mol. The van der Waals surface area contributed by atoms with Gasteiger partial charge in [-0.3, -0.25) is 9.59 Å². The van der Waals surface area contributed by atoms with E-state index in [1.807, 2.05) is 11.4 Å².